The fourth-order valence-corrected chi connectivity index (χ4v) is 4.17. The van der Waals surface area contributed by atoms with Crippen molar-refractivity contribution in [1.29, 1.82) is 0 Å². The first-order valence-corrected chi connectivity index (χ1v) is 8.40. The Bertz CT molecular complexity index is 717. The van der Waals surface area contributed by atoms with Gasteiger partial charge in [-0.2, -0.15) is 4.72 Å². The molecule has 114 valence electrons. The minimum atomic E-state index is -3.92. The Morgan fingerprint density at radius 2 is 2.05 bits per heavy atom. The van der Waals surface area contributed by atoms with Crippen LogP contribution in [0.4, 0.5) is 5.69 Å². The second-order valence-corrected chi connectivity index (χ2v) is 7.34. The second kappa shape index (κ2) is 5.74. The van der Waals surface area contributed by atoms with E-state index in [0.717, 1.165) is 0 Å². The number of nitrogen functional groups attached to an aromatic ring is 1. The molecule has 0 spiro atoms. The number of hydrogen-bond donors (Lipinski definition) is 3. The summed E-state index contributed by atoms with van der Waals surface area (Å²) in [5.74, 6) is -1.05. The van der Waals surface area contributed by atoms with Gasteiger partial charge in [-0.3, -0.25) is 14.9 Å². The number of carbonyl (C=O) groups is 2. The summed E-state index contributed by atoms with van der Waals surface area (Å²) in [4.78, 5) is 22.7. The molecule has 1 aliphatic rings. The van der Waals surface area contributed by atoms with Crippen molar-refractivity contribution in [2.24, 2.45) is 0 Å². The molecule has 2 amide bonds. The molecule has 0 aromatic heterocycles. The topological polar surface area (TPSA) is 118 Å². The zero-order chi connectivity index (χ0) is 15.8. The quantitative estimate of drug-likeness (QED) is 0.522. The lowest BCUT2D eigenvalue weighted by Gasteiger charge is -2.22. The van der Waals surface area contributed by atoms with Crippen molar-refractivity contribution in [3.05, 3.63) is 22.2 Å². The number of halogens is 1. The van der Waals surface area contributed by atoms with Gasteiger partial charge in [-0.25, -0.2) is 8.42 Å². The summed E-state index contributed by atoms with van der Waals surface area (Å²) in [6.07, 6.45) is 0.227. The number of piperidine rings is 1. The van der Waals surface area contributed by atoms with E-state index in [4.69, 9.17) is 5.73 Å². The Balaban J connectivity index is 2.31. The Morgan fingerprint density at radius 1 is 1.38 bits per heavy atom. The van der Waals surface area contributed by atoms with Gasteiger partial charge >= 0.3 is 0 Å². The Hall–Kier alpha value is -1.45. The van der Waals surface area contributed by atoms with Crippen molar-refractivity contribution in [2.45, 2.75) is 30.7 Å². The predicted octanol–water partition coefficient (Wildman–Crippen LogP) is 0.423. The highest BCUT2D eigenvalue weighted by Crippen LogP contribution is 2.26. The average Bonchev–Trinajstić information content (AvgIpc) is 2.37. The van der Waals surface area contributed by atoms with Crippen LogP contribution in [0.25, 0.3) is 0 Å². The van der Waals surface area contributed by atoms with Crippen molar-refractivity contribution in [3.8, 4) is 0 Å². The van der Waals surface area contributed by atoms with Gasteiger partial charge < -0.3 is 5.73 Å². The molecule has 1 aromatic rings. The van der Waals surface area contributed by atoms with Crippen molar-refractivity contribution in [2.75, 3.05) is 5.73 Å². The van der Waals surface area contributed by atoms with E-state index >= 15 is 0 Å². The molecule has 0 aliphatic carbocycles. The third-order valence-corrected chi connectivity index (χ3v) is 5.25. The van der Waals surface area contributed by atoms with E-state index in [1.165, 1.54) is 6.07 Å². The normalized spacial score (nSPS) is 19.4. The van der Waals surface area contributed by atoms with Crippen LogP contribution in [0.15, 0.2) is 21.5 Å². The summed E-state index contributed by atoms with van der Waals surface area (Å²) in [6, 6.07) is 2.05. The first-order chi connectivity index (χ1) is 9.70. The van der Waals surface area contributed by atoms with Gasteiger partial charge in [0.25, 0.3) is 0 Å². The molecule has 7 nitrogen and oxygen atoms in total. The van der Waals surface area contributed by atoms with Crippen LogP contribution >= 0.6 is 15.9 Å². The maximum Gasteiger partial charge on any atom is 0.244 e. The standard InChI is InChI=1S/C12H14BrN3O4S/c1-6-8(14)4-7(13)5-10(6)21(19,20)16-9-2-3-11(17)15-12(9)18/h4-5,9,16H,2-3,14H2,1H3,(H,15,17,18). The average molecular weight is 376 g/mol. The summed E-state index contributed by atoms with van der Waals surface area (Å²) in [5, 5.41) is 2.10. The first kappa shape index (κ1) is 15.9. The highest BCUT2D eigenvalue weighted by atomic mass is 79.9. The van der Waals surface area contributed by atoms with Crippen LogP contribution in [0.5, 0.6) is 0 Å². The predicted molar refractivity (Wildman–Crippen MR) is 79.8 cm³/mol. The minimum absolute atomic E-state index is 0.000856. The Labute approximate surface area is 130 Å². The molecule has 1 aromatic carbocycles. The third-order valence-electron chi connectivity index (χ3n) is 3.19. The van der Waals surface area contributed by atoms with Crippen LogP contribution in [-0.2, 0) is 19.6 Å². The molecular formula is C12H14BrN3O4S. The van der Waals surface area contributed by atoms with E-state index in [9.17, 15) is 18.0 Å². The molecule has 1 saturated heterocycles. The second-order valence-electron chi connectivity index (χ2n) is 4.74. The molecule has 2 rings (SSSR count). The third kappa shape index (κ3) is 3.42. The monoisotopic (exact) mass is 375 g/mol. The number of rotatable bonds is 3. The van der Waals surface area contributed by atoms with Crippen LogP contribution in [0, 0.1) is 6.92 Å². The summed E-state index contributed by atoms with van der Waals surface area (Å²) in [5.41, 5.74) is 6.48. The summed E-state index contributed by atoms with van der Waals surface area (Å²) in [7, 11) is -3.92. The molecular weight excluding hydrogens is 362 g/mol. The van der Waals surface area contributed by atoms with Gasteiger partial charge in [0.1, 0.15) is 6.04 Å². The minimum Gasteiger partial charge on any atom is -0.398 e. The number of anilines is 1. The maximum absolute atomic E-state index is 12.4. The highest BCUT2D eigenvalue weighted by molar-refractivity contribution is 9.10. The Morgan fingerprint density at radius 3 is 2.67 bits per heavy atom. The van der Waals surface area contributed by atoms with Gasteiger partial charge in [-0.1, -0.05) is 15.9 Å². The van der Waals surface area contributed by atoms with Gasteiger partial charge in [0.15, 0.2) is 0 Å². The van der Waals surface area contributed by atoms with Crippen LogP contribution in [0.2, 0.25) is 0 Å². The largest absolute Gasteiger partial charge is 0.398 e. The lowest BCUT2D eigenvalue weighted by molar-refractivity contribution is -0.134. The lowest BCUT2D eigenvalue weighted by atomic mass is 10.1. The number of nitrogens with one attached hydrogen (secondary N) is 2. The molecule has 1 unspecified atom stereocenters. The molecule has 4 N–H and O–H groups in total. The zero-order valence-electron chi connectivity index (χ0n) is 11.1. The highest BCUT2D eigenvalue weighted by Gasteiger charge is 2.31. The maximum atomic E-state index is 12.4. The fraction of sp³-hybridized carbons (Fsp3) is 0.333. The Kier molecular flexibility index (Phi) is 4.35. The van der Waals surface area contributed by atoms with Gasteiger partial charge in [0, 0.05) is 16.6 Å². The molecule has 1 atom stereocenters. The number of benzene rings is 1. The van der Waals surface area contributed by atoms with E-state index in [2.05, 4.69) is 26.0 Å². The lowest BCUT2D eigenvalue weighted by Crippen LogP contribution is -2.52. The molecule has 0 bridgehead atoms. The van der Waals surface area contributed by atoms with Gasteiger partial charge in [0.05, 0.1) is 4.90 Å². The van der Waals surface area contributed by atoms with Crippen LogP contribution in [0.1, 0.15) is 18.4 Å². The van der Waals surface area contributed by atoms with Crippen LogP contribution in [0.3, 0.4) is 0 Å². The van der Waals surface area contributed by atoms with Crippen molar-refractivity contribution in [3.63, 3.8) is 0 Å². The summed E-state index contributed by atoms with van der Waals surface area (Å²) < 4.78 is 27.6. The molecule has 1 heterocycles. The summed E-state index contributed by atoms with van der Waals surface area (Å²) in [6.45, 7) is 1.58. The molecule has 21 heavy (non-hydrogen) atoms. The number of sulfonamides is 1. The van der Waals surface area contributed by atoms with Gasteiger partial charge in [-0.05, 0) is 31.0 Å². The van der Waals surface area contributed by atoms with Gasteiger partial charge in [0.2, 0.25) is 21.8 Å². The van der Waals surface area contributed by atoms with Gasteiger partial charge in [-0.15, -0.1) is 0 Å². The number of imide groups is 1. The van der Waals surface area contributed by atoms with E-state index < -0.39 is 27.9 Å². The van der Waals surface area contributed by atoms with Crippen molar-refractivity contribution >= 4 is 43.5 Å². The number of hydrogen-bond acceptors (Lipinski definition) is 5. The molecule has 0 saturated carbocycles. The van der Waals surface area contributed by atoms with E-state index in [0.29, 0.717) is 15.7 Å². The molecule has 9 heteroatoms. The first-order valence-electron chi connectivity index (χ1n) is 6.12. The zero-order valence-corrected chi connectivity index (χ0v) is 13.5. The van der Waals surface area contributed by atoms with Crippen molar-refractivity contribution < 1.29 is 18.0 Å². The molecule has 1 aliphatic heterocycles. The smallest absolute Gasteiger partial charge is 0.244 e. The molecule has 1 fully saturated rings. The summed E-state index contributed by atoms with van der Waals surface area (Å²) >= 11 is 3.19. The number of nitrogens with two attached hydrogens (primary N) is 1. The fourth-order valence-electron chi connectivity index (χ4n) is 2.01. The number of amides is 2. The van der Waals surface area contributed by atoms with E-state index in [1.807, 2.05) is 0 Å². The van der Waals surface area contributed by atoms with Crippen LogP contribution in [-0.4, -0.2) is 26.3 Å². The SMILES string of the molecule is Cc1c(N)cc(Br)cc1S(=O)(=O)NC1CCC(=O)NC1=O. The van der Waals surface area contributed by atoms with E-state index in [1.54, 1.807) is 13.0 Å². The van der Waals surface area contributed by atoms with Crippen molar-refractivity contribution in [1.82, 2.24) is 10.0 Å². The number of carbonyl (C=O) groups excluding carboxylic acids is 2. The van der Waals surface area contributed by atoms with Crippen LogP contribution < -0.4 is 15.8 Å². The molecule has 0 radical (unpaired) electrons. The van der Waals surface area contributed by atoms with E-state index in [-0.39, 0.29) is 17.7 Å².